The normalized spacial score (nSPS) is 10.2. The molecule has 0 fully saturated rings. The van der Waals surface area contributed by atoms with Crippen molar-refractivity contribution in [3.63, 3.8) is 0 Å². The van der Waals surface area contributed by atoms with E-state index in [2.05, 4.69) is 38.1 Å². The van der Waals surface area contributed by atoms with E-state index in [1.165, 1.54) is 0 Å². The lowest BCUT2D eigenvalue weighted by Gasteiger charge is -2.04. The lowest BCUT2D eigenvalue weighted by atomic mass is 10.2. The maximum absolute atomic E-state index is 11.9. The summed E-state index contributed by atoms with van der Waals surface area (Å²) in [5, 5.41) is 10.8. The third kappa shape index (κ3) is 3.30. The molecule has 4 nitrogen and oxygen atoms in total. The molecule has 0 radical (unpaired) electrons. The molecule has 18 heavy (non-hydrogen) atoms. The van der Waals surface area contributed by atoms with Gasteiger partial charge in [0, 0.05) is 9.13 Å². The van der Waals surface area contributed by atoms with Crippen LogP contribution in [0.15, 0.2) is 30.3 Å². The molecule has 2 aromatic rings. The van der Waals surface area contributed by atoms with Gasteiger partial charge in [0.1, 0.15) is 0 Å². The fraction of sp³-hybridized carbons (Fsp3) is 0. The molecule has 0 aliphatic carbocycles. The highest BCUT2D eigenvalue weighted by molar-refractivity contribution is 14.1. The number of aromatic nitrogens is 2. The van der Waals surface area contributed by atoms with Crippen LogP contribution in [0.3, 0.4) is 0 Å². The summed E-state index contributed by atoms with van der Waals surface area (Å²) in [5.74, 6) is 0.0315. The minimum Gasteiger partial charge on any atom is -0.305 e. The predicted octanol–water partition coefficient (Wildman–Crippen LogP) is 3.64. The highest BCUT2D eigenvalue weighted by atomic mass is 127. The van der Waals surface area contributed by atoms with Gasteiger partial charge in [0.2, 0.25) is 0 Å². The Morgan fingerprint density at radius 2 is 1.94 bits per heavy atom. The number of hydrogen-bond acceptors (Lipinski definition) is 3. The van der Waals surface area contributed by atoms with Crippen LogP contribution in [0.2, 0.25) is 10.2 Å². The van der Waals surface area contributed by atoms with Gasteiger partial charge in [-0.1, -0.05) is 23.2 Å². The van der Waals surface area contributed by atoms with E-state index in [4.69, 9.17) is 23.2 Å². The Bertz CT molecular complexity index is 589. The van der Waals surface area contributed by atoms with Crippen molar-refractivity contribution < 1.29 is 4.79 Å². The van der Waals surface area contributed by atoms with Crippen molar-refractivity contribution in [3.8, 4) is 0 Å². The Hall–Kier alpha value is -0.920. The predicted molar refractivity (Wildman–Crippen MR) is 79.2 cm³/mol. The number of halogens is 3. The Morgan fingerprint density at radius 3 is 2.56 bits per heavy atom. The Morgan fingerprint density at radius 1 is 1.17 bits per heavy atom. The molecule has 92 valence electrons. The van der Waals surface area contributed by atoms with E-state index in [1.807, 2.05) is 0 Å². The van der Waals surface area contributed by atoms with Crippen molar-refractivity contribution in [1.82, 2.24) is 10.2 Å². The Balaban J connectivity index is 2.16. The fourth-order valence-corrected chi connectivity index (χ4v) is 1.83. The average Bonchev–Trinajstić information content (AvgIpc) is 2.35. The van der Waals surface area contributed by atoms with Crippen molar-refractivity contribution in [1.29, 1.82) is 0 Å². The van der Waals surface area contributed by atoms with Gasteiger partial charge in [-0.05, 0) is 52.9 Å². The first-order valence-corrected chi connectivity index (χ1v) is 6.65. The van der Waals surface area contributed by atoms with Gasteiger partial charge in [0.25, 0.3) is 5.91 Å². The number of benzene rings is 1. The molecule has 1 N–H and O–H groups in total. The first-order chi connectivity index (χ1) is 8.56. The van der Waals surface area contributed by atoms with Gasteiger partial charge in [-0.15, -0.1) is 10.2 Å². The standard InChI is InChI=1S/C11H6Cl2IN3O/c12-7-5-6(1-2-8(7)14)11(18)15-10-4-3-9(13)16-17-10/h1-5H,(H,15,17,18). The van der Waals surface area contributed by atoms with Crippen LogP contribution in [-0.4, -0.2) is 16.1 Å². The van der Waals surface area contributed by atoms with Gasteiger partial charge < -0.3 is 5.32 Å². The third-order valence-electron chi connectivity index (χ3n) is 2.06. The molecule has 0 saturated heterocycles. The second-order valence-electron chi connectivity index (χ2n) is 3.32. The number of amides is 1. The van der Waals surface area contributed by atoms with Crippen LogP contribution < -0.4 is 5.32 Å². The molecule has 0 saturated carbocycles. The molecule has 0 aliphatic heterocycles. The van der Waals surface area contributed by atoms with Gasteiger partial charge in [-0.25, -0.2) is 0 Å². The van der Waals surface area contributed by atoms with Gasteiger partial charge >= 0.3 is 0 Å². The number of hydrogen-bond donors (Lipinski definition) is 1. The molecule has 0 spiro atoms. The molecule has 1 aromatic heterocycles. The first-order valence-electron chi connectivity index (χ1n) is 4.82. The van der Waals surface area contributed by atoms with E-state index >= 15 is 0 Å². The quantitative estimate of drug-likeness (QED) is 0.792. The molecule has 0 unspecified atom stereocenters. The number of carbonyl (C=O) groups is 1. The third-order valence-corrected chi connectivity index (χ3v) is 3.83. The molecule has 7 heteroatoms. The molecule has 1 amide bonds. The zero-order chi connectivity index (χ0) is 13.1. The van der Waals surface area contributed by atoms with Gasteiger partial charge in [-0.2, -0.15) is 0 Å². The van der Waals surface area contributed by atoms with Crippen LogP contribution in [0.25, 0.3) is 0 Å². The molecular formula is C11H6Cl2IN3O. The maximum atomic E-state index is 11.9. The highest BCUT2D eigenvalue weighted by Crippen LogP contribution is 2.20. The molecular weight excluding hydrogens is 388 g/mol. The van der Waals surface area contributed by atoms with Gasteiger partial charge in [0.05, 0.1) is 5.02 Å². The highest BCUT2D eigenvalue weighted by Gasteiger charge is 2.09. The van der Waals surface area contributed by atoms with Gasteiger partial charge in [-0.3, -0.25) is 4.79 Å². The van der Waals surface area contributed by atoms with Crippen LogP contribution in [-0.2, 0) is 0 Å². The summed E-state index contributed by atoms with van der Waals surface area (Å²) in [6.07, 6.45) is 0. The number of nitrogens with zero attached hydrogens (tertiary/aromatic N) is 2. The molecule has 1 aromatic carbocycles. The van der Waals surface area contributed by atoms with Crippen molar-refractivity contribution in [2.75, 3.05) is 5.32 Å². The van der Waals surface area contributed by atoms with E-state index in [9.17, 15) is 4.79 Å². The van der Waals surface area contributed by atoms with Crippen molar-refractivity contribution in [3.05, 3.63) is 49.6 Å². The number of nitrogens with one attached hydrogen (secondary N) is 1. The Kier molecular flexibility index (Phi) is 4.36. The number of carbonyl (C=O) groups excluding carboxylic acids is 1. The number of rotatable bonds is 2. The SMILES string of the molecule is O=C(Nc1ccc(Cl)nn1)c1ccc(I)c(Cl)c1. The largest absolute Gasteiger partial charge is 0.305 e. The van der Waals surface area contributed by atoms with Crippen LogP contribution in [0.4, 0.5) is 5.82 Å². The van der Waals surface area contributed by atoms with E-state index in [-0.39, 0.29) is 11.1 Å². The maximum Gasteiger partial charge on any atom is 0.256 e. The molecule has 0 atom stereocenters. The summed E-state index contributed by atoms with van der Waals surface area (Å²) in [4.78, 5) is 11.9. The monoisotopic (exact) mass is 393 g/mol. The number of anilines is 1. The van der Waals surface area contributed by atoms with E-state index in [0.717, 1.165) is 3.57 Å². The van der Waals surface area contributed by atoms with Crippen molar-refractivity contribution >= 4 is 57.5 Å². The minimum absolute atomic E-state index is 0.269. The van der Waals surface area contributed by atoms with E-state index < -0.39 is 0 Å². The van der Waals surface area contributed by atoms with Crippen molar-refractivity contribution in [2.45, 2.75) is 0 Å². The second kappa shape index (κ2) is 5.81. The smallest absolute Gasteiger partial charge is 0.256 e. The van der Waals surface area contributed by atoms with Gasteiger partial charge in [0.15, 0.2) is 11.0 Å². The van der Waals surface area contributed by atoms with Crippen LogP contribution in [0, 0.1) is 3.57 Å². The summed E-state index contributed by atoms with van der Waals surface area (Å²) in [6, 6.07) is 8.17. The van der Waals surface area contributed by atoms with Crippen LogP contribution >= 0.6 is 45.8 Å². The zero-order valence-electron chi connectivity index (χ0n) is 8.82. The molecule has 0 aliphatic rings. The zero-order valence-corrected chi connectivity index (χ0v) is 12.5. The lowest BCUT2D eigenvalue weighted by Crippen LogP contribution is -2.13. The van der Waals surface area contributed by atoms with E-state index in [1.54, 1.807) is 30.3 Å². The molecule has 0 bridgehead atoms. The lowest BCUT2D eigenvalue weighted by molar-refractivity contribution is 0.102. The summed E-state index contributed by atoms with van der Waals surface area (Å²) in [5.41, 5.74) is 0.456. The summed E-state index contributed by atoms with van der Waals surface area (Å²) in [7, 11) is 0. The average molecular weight is 394 g/mol. The van der Waals surface area contributed by atoms with E-state index in [0.29, 0.717) is 16.4 Å². The van der Waals surface area contributed by atoms with Crippen LogP contribution in [0.5, 0.6) is 0 Å². The second-order valence-corrected chi connectivity index (χ2v) is 5.28. The van der Waals surface area contributed by atoms with Crippen LogP contribution in [0.1, 0.15) is 10.4 Å². The summed E-state index contributed by atoms with van der Waals surface area (Å²) in [6.45, 7) is 0. The van der Waals surface area contributed by atoms with Crippen molar-refractivity contribution in [2.24, 2.45) is 0 Å². The molecule has 1 heterocycles. The molecule has 2 rings (SSSR count). The summed E-state index contributed by atoms with van der Waals surface area (Å²) < 4.78 is 0.886. The first kappa shape index (κ1) is 13.5. The minimum atomic E-state index is -0.301. The Labute approximate surface area is 127 Å². The fourth-order valence-electron chi connectivity index (χ4n) is 1.21. The topological polar surface area (TPSA) is 54.9 Å². The summed E-state index contributed by atoms with van der Waals surface area (Å²) >= 11 is 13.6.